The fraction of sp³-hybridized carbons (Fsp3) is 0.263. The van der Waals surface area contributed by atoms with Crippen LogP contribution >= 0.6 is 11.6 Å². The summed E-state index contributed by atoms with van der Waals surface area (Å²) in [7, 11) is 0. The third kappa shape index (κ3) is 7.27. The zero-order valence-corrected chi connectivity index (χ0v) is 15.0. The minimum absolute atomic E-state index is 0.0607. The normalized spacial score (nSPS) is 11.0. The number of hydrogen-bond acceptors (Lipinski definition) is 2. The number of amides is 1. The maximum atomic E-state index is 12.0. The second-order valence-electron chi connectivity index (χ2n) is 5.41. The maximum absolute atomic E-state index is 12.0. The van der Waals surface area contributed by atoms with Gasteiger partial charge in [-0.1, -0.05) is 41.9 Å². The van der Waals surface area contributed by atoms with E-state index in [1.54, 1.807) is 0 Å². The molecule has 0 heterocycles. The Morgan fingerprint density at radius 1 is 1.04 bits per heavy atom. The van der Waals surface area contributed by atoms with Crippen molar-refractivity contribution in [1.82, 2.24) is 10.6 Å². The molecule has 2 rings (SSSR count). The SMILES string of the molecule is CCNC(=NCC(=O)Nc1ccccc1)NCCc1ccc(Cl)cc1. The highest BCUT2D eigenvalue weighted by Crippen LogP contribution is 2.09. The Hall–Kier alpha value is -2.53. The van der Waals surface area contributed by atoms with Crippen molar-refractivity contribution in [3.8, 4) is 0 Å². The van der Waals surface area contributed by atoms with Crippen LogP contribution in [0.1, 0.15) is 12.5 Å². The molecule has 0 aliphatic heterocycles. The lowest BCUT2D eigenvalue weighted by Gasteiger charge is -2.11. The van der Waals surface area contributed by atoms with E-state index in [9.17, 15) is 4.79 Å². The lowest BCUT2D eigenvalue weighted by atomic mass is 10.1. The second-order valence-corrected chi connectivity index (χ2v) is 5.85. The monoisotopic (exact) mass is 358 g/mol. The van der Waals surface area contributed by atoms with E-state index in [4.69, 9.17) is 11.6 Å². The van der Waals surface area contributed by atoms with E-state index in [1.807, 2.05) is 61.5 Å². The summed E-state index contributed by atoms with van der Waals surface area (Å²) >= 11 is 5.88. The number of aliphatic imine (C=N–C) groups is 1. The van der Waals surface area contributed by atoms with Crippen LogP contribution in [0.25, 0.3) is 0 Å². The molecule has 2 aromatic rings. The standard InChI is InChI=1S/C19H23ClN4O/c1-2-21-19(22-13-12-15-8-10-16(20)11-9-15)23-14-18(25)24-17-6-4-3-5-7-17/h3-11H,2,12-14H2,1H3,(H,24,25)(H2,21,22,23). The van der Waals surface area contributed by atoms with Crippen LogP contribution in [0.15, 0.2) is 59.6 Å². The summed E-state index contributed by atoms with van der Waals surface area (Å²) in [5.41, 5.74) is 1.96. The van der Waals surface area contributed by atoms with E-state index >= 15 is 0 Å². The van der Waals surface area contributed by atoms with Crippen LogP contribution in [0.2, 0.25) is 5.02 Å². The summed E-state index contributed by atoms with van der Waals surface area (Å²) in [5.74, 6) is 0.473. The largest absolute Gasteiger partial charge is 0.357 e. The van der Waals surface area contributed by atoms with Gasteiger partial charge in [0, 0.05) is 23.8 Å². The van der Waals surface area contributed by atoms with E-state index < -0.39 is 0 Å². The van der Waals surface area contributed by atoms with Crippen LogP contribution in [0.3, 0.4) is 0 Å². The summed E-state index contributed by atoms with van der Waals surface area (Å²) in [6.45, 7) is 3.49. The number of halogens is 1. The van der Waals surface area contributed by atoms with Crippen LogP contribution in [0, 0.1) is 0 Å². The van der Waals surface area contributed by atoms with Crippen molar-refractivity contribution in [1.29, 1.82) is 0 Å². The van der Waals surface area contributed by atoms with Gasteiger partial charge in [0.15, 0.2) is 5.96 Å². The van der Waals surface area contributed by atoms with Gasteiger partial charge in [-0.25, -0.2) is 4.99 Å². The molecule has 0 spiro atoms. The maximum Gasteiger partial charge on any atom is 0.246 e. The van der Waals surface area contributed by atoms with Crippen molar-refractivity contribution in [3.63, 3.8) is 0 Å². The van der Waals surface area contributed by atoms with E-state index in [0.717, 1.165) is 23.7 Å². The summed E-state index contributed by atoms with van der Waals surface area (Å²) in [6, 6.07) is 17.1. The number of guanidine groups is 1. The van der Waals surface area contributed by atoms with Gasteiger partial charge < -0.3 is 16.0 Å². The number of carbonyl (C=O) groups excluding carboxylic acids is 1. The zero-order chi connectivity index (χ0) is 17.9. The Morgan fingerprint density at radius 3 is 2.44 bits per heavy atom. The molecule has 6 heteroatoms. The zero-order valence-electron chi connectivity index (χ0n) is 14.3. The molecule has 0 saturated carbocycles. The lowest BCUT2D eigenvalue weighted by molar-refractivity contribution is -0.114. The third-order valence-corrected chi connectivity index (χ3v) is 3.65. The molecule has 0 atom stereocenters. The number of nitrogens with one attached hydrogen (secondary N) is 3. The fourth-order valence-corrected chi connectivity index (χ4v) is 2.32. The predicted octanol–water partition coefficient (Wildman–Crippen LogP) is 3.08. The molecular weight excluding hydrogens is 336 g/mol. The molecule has 0 unspecified atom stereocenters. The lowest BCUT2D eigenvalue weighted by Crippen LogP contribution is -2.39. The Balaban J connectivity index is 1.80. The molecule has 0 radical (unpaired) electrons. The summed E-state index contributed by atoms with van der Waals surface area (Å²) in [5, 5.41) is 9.91. The van der Waals surface area contributed by atoms with Crippen molar-refractivity contribution in [2.24, 2.45) is 4.99 Å². The van der Waals surface area contributed by atoms with Gasteiger partial charge in [-0.3, -0.25) is 4.79 Å². The molecule has 5 nitrogen and oxygen atoms in total. The average molecular weight is 359 g/mol. The quantitative estimate of drug-likeness (QED) is 0.526. The van der Waals surface area contributed by atoms with Gasteiger partial charge in [0.2, 0.25) is 5.91 Å². The summed E-state index contributed by atoms with van der Waals surface area (Å²) < 4.78 is 0. The topological polar surface area (TPSA) is 65.5 Å². The second kappa shape index (κ2) is 10.4. The van der Waals surface area contributed by atoms with Gasteiger partial charge in [-0.05, 0) is 43.2 Å². The van der Waals surface area contributed by atoms with Gasteiger partial charge in [-0.2, -0.15) is 0 Å². The Bertz CT molecular complexity index is 686. The number of rotatable bonds is 7. The van der Waals surface area contributed by atoms with Gasteiger partial charge in [0.25, 0.3) is 0 Å². The first-order valence-corrected chi connectivity index (χ1v) is 8.66. The highest BCUT2D eigenvalue weighted by atomic mass is 35.5. The van der Waals surface area contributed by atoms with Crippen LogP contribution in [0.4, 0.5) is 5.69 Å². The molecule has 25 heavy (non-hydrogen) atoms. The first-order valence-electron chi connectivity index (χ1n) is 8.29. The van der Waals surface area contributed by atoms with Crippen molar-refractivity contribution in [3.05, 3.63) is 65.2 Å². The van der Waals surface area contributed by atoms with Crippen LogP contribution in [-0.2, 0) is 11.2 Å². The molecule has 0 aliphatic rings. The number of carbonyl (C=O) groups is 1. The van der Waals surface area contributed by atoms with Gasteiger partial charge in [0.1, 0.15) is 6.54 Å². The number of nitrogens with zero attached hydrogens (tertiary/aromatic N) is 1. The predicted molar refractivity (Wildman–Crippen MR) is 104 cm³/mol. The van der Waals surface area contributed by atoms with Crippen molar-refractivity contribution < 1.29 is 4.79 Å². The fourth-order valence-electron chi connectivity index (χ4n) is 2.19. The summed E-state index contributed by atoms with van der Waals surface area (Å²) in [6.07, 6.45) is 0.845. The first kappa shape index (κ1) is 18.8. The Labute approximate surface area is 153 Å². The Morgan fingerprint density at radius 2 is 1.76 bits per heavy atom. The average Bonchev–Trinajstić information content (AvgIpc) is 2.62. The molecule has 0 bridgehead atoms. The molecule has 3 N–H and O–H groups in total. The molecule has 132 valence electrons. The molecule has 0 fully saturated rings. The van der Waals surface area contributed by atoms with Crippen LogP contribution < -0.4 is 16.0 Å². The number of anilines is 1. The smallest absolute Gasteiger partial charge is 0.246 e. The number of hydrogen-bond donors (Lipinski definition) is 3. The molecule has 2 aromatic carbocycles. The minimum Gasteiger partial charge on any atom is -0.357 e. The van der Waals surface area contributed by atoms with E-state index in [-0.39, 0.29) is 12.5 Å². The van der Waals surface area contributed by atoms with Crippen molar-refractivity contribution in [2.75, 3.05) is 25.0 Å². The molecule has 1 amide bonds. The van der Waals surface area contributed by atoms with Gasteiger partial charge >= 0.3 is 0 Å². The molecular formula is C19H23ClN4O. The number of benzene rings is 2. The van der Waals surface area contributed by atoms with Gasteiger partial charge in [0.05, 0.1) is 0 Å². The number of para-hydroxylation sites is 1. The third-order valence-electron chi connectivity index (χ3n) is 3.40. The molecule has 0 aliphatic carbocycles. The Kier molecular flexibility index (Phi) is 7.79. The van der Waals surface area contributed by atoms with E-state index in [1.165, 1.54) is 5.56 Å². The van der Waals surface area contributed by atoms with Gasteiger partial charge in [-0.15, -0.1) is 0 Å². The summed E-state index contributed by atoms with van der Waals surface area (Å²) in [4.78, 5) is 16.3. The highest BCUT2D eigenvalue weighted by Gasteiger charge is 2.03. The van der Waals surface area contributed by atoms with E-state index in [2.05, 4.69) is 20.9 Å². The highest BCUT2D eigenvalue weighted by molar-refractivity contribution is 6.30. The van der Waals surface area contributed by atoms with Crippen molar-refractivity contribution >= 4 is 29.2 Å². The van der Waals surface area contributed by atoms with Crippen molar-refractivity contribution in [2.45, 2.75) is 13.3 Å². The first-order chi connectivity index (χ1) is 12.2. The van der Waals surface area contributed by atoms with E-state index in [0.29, 0.717) is 12.5 Å². The minimum atomic E-state index is -0.152. The van der Waals surface area contributed by atoms with Crippen LogP contribution in [0.5, 0.6) is 0 Å². The molecule has 0 aromatic heterocycles. The van der Waals surface area contributed by atoms with Crippen LogP contribution in [-0.4, -0.2) is 31.5 Å². The molecule has 0 saturated heterocycles.